The Morgan fingerprint density at radius 1 is 0.571 bits per heavy atom. The van der Waals surface area contributed by atoms with Crippen LogP contribution < -0.4 is 10.6 Å². The minimum Gasteiger partial charge on any atom is -0.381 e. The Morgan fingerprint density at radius 2 is 0.893 bits per heavy atom. The Balaban J connectivity index is 1.33. The van der Waals surface area contributed by atoms with Crippen LogP contribution in [-0.2, 0) is 19.1 Å². The SMILES string of the molecule is COC1CCC(C(=O)NC2CCC(NC(=O)C3CCC(OC)CC3)CC2)CC1. The van der Waals surface area contributed by atoms with E-state index in [1.165, 1.54) is 0 Å². The normalized spacial score (nSPS) is 36.5. The van der Waals surface area contributed by atoms with Crippen LogP contribution in [0.2, 0.25) is 0 Å². The molecule has 3 fully saturated rings. The average Bonchev–Trinajstić information content (AvgIpc) is 2.75. The second-order valence-electron chi connectivity index (χ2n) is 8.98. The number of ether oxygens (including phenoxy) is 2. The van der Waals surface area contributed by atoms with E-state index in [0.29, 0.717) is 12.2 Å². The fourth-order valence-electron chi connectivity index (χ4n) is 5.14. The first-order valence-electron chi connectivity index (χ1n) is 11.2. The first kappa shape index (κ1) is 21.6. The minimum absolute atomic E-state index is 0.144. The molecule has 28 heavy (non-hydrogen) atoms. The van der Waals surface area contributed by atoms with Crippen LogP contribution in [0.1, 0.15) is 77.0 Å². The molecule has 3 aliphatic carbocycles. The highest BCUT2D eigenvalue weighted by atomic mass is 16.5. The van der Waals surface area contributed by atoms with Gasteiger partial charge in [-0.1, -0.05) is 0 Å². The van der Waals surface area contributed by atoms with Crippen molar-refractivity contribution in [2.75, 3.05) is 14.2 Å². The van der Waals surface area contributed by atoms with Crippen molar-refractivity contribution in [1.82, 2.24) is 10.6 Å². The lowest BCUT2D eigenvalue weighted by atomic mass is 9.85. The zero-order valence-electron chi connectivity index (χ0n) is 17.6. The molecule has 2 N–H and O–H groups in total. The van der Waals surface area contributed by atoms with E-state index in [1.54, 1.807) is 14.2 Å². The number of hydrogen-bond acceptors (Lipinski definition) is 4. The van der Waals surface area contributed by atoms with Crippen LogP contribution >= 0.6 is 0 Å². The molecule has 0 unspecified atom stereocenters. The second-order valence-corrected chi connectivity index (χ2v) is 8.98. The molecule has 160 valence electrons. The molecule has 0 aromatic rings. The van der Waals surface area contributed by atoms with E-state index in [2.05, 4.69) is 10.6 Å². The molecule has 3 saturated carbocycles. The van der Waals surface area contributed by atoms with Gasteiger partial charge in [-0.2, -0.15) is 0 Å². The molecule has 3 aliphatic rings. The summed E-state index contributed by atoms with van der Waals surface area (Å²) in [6, 6.07) is 0.524. The molecule has 0 atom stereocenters. The molecule has 0 aromatic heterocycles. The highest BCUT2D eigenvalue weighted by Crippen LogP contribution is 2.28. The van der Waals surface area contributed by atoms with E-state index in [-0.39, 0.29) is 35.7 Å². The van der Waals surface area contributed by atoms with E-state index in [9.17, 15) is 9.59 Å². The van der Waals surface area contributed by atoms with Crippen molar-refractivity contribution in [3.8, 4) is 0 Å². The van der Waals surface area contributed by atoms with Crippen molar-refractivity contribution in [2.45, 2.75) is 101 Å². The van der Waals surface area contributed by atoms with Gasteiger partial charge in [0.25, 0.3) is 0 Å². The van der Waals surface area contributed by atoms with Gasteiger partial charge in [0.15, 0.2) is 0 Å². The Morgan fingerprint density at radius 3 is 1.18 bits per heavy atom. The first-order chi connectivity index (χ1) is 13.6. The van der Waals surface area contributed by atoms with Crippen molar-refractivity contribution in [2.24, 2.45) is 11.8 Å². The summed E-state index contributed by atoms with van der Waals surface area (Å²) in [6.45, 7) is 0. The van der Waals surface area contributed by atoms with E-state index in [4.69, 9.17) is 9.47 Å². The summed E-state index contributed by atoms with van der Waals surface area (Å²) in [5, 5.41) is 6.53. The molecule has 3 rings (SSSR count). The Labute approximate surface area is 169 Å². The van der Waals surface area contributed by atoms with Crippen LogP contribution in [0, 0.1) is 11.8 Å². The van der Waals surface area contributed by atoms with Crippen LogP contribution in [0.25, 0.3) is 0 Å². The van der Waals surface area contributed by atoms with Gasteiger partial charge in [0.2, 0.25) is 11.8 Å². The van der Waals surface area contributed by atoms with E-state index in [0.717, 1.165) is 77.0 Å². The standard InChI is InChI=1S/C22H38N2O4/c1-27-19-11-3-15(4-12-19)21(25)23-17-7-9-18(10-8-17)24-22(26)16-5-13-20(28-2)14-6-16/h15-20H,3-14H2,1-2H3,(H,23,25)(H,24,26). The van der Waals surface area contributed by atoms with Crippen LogP contribution in [0.3, 0.4) is 0 Å². The number of rotatable bonds is 6. The molecule has 0 aromatic carbocycles. The van der Waals surface area contributed by atoms with Gasteiger partial charge in [-0.15, -0.1) is 0 Å². The topological polar surface area (TPSA) is 76.7 Å². The first-order valence-corrected chi connectivity index (χ1v) is 11.2. The quantitative estimate of drug-likeness (QED) is 0.726. The zero-order chi connectivity index (χ0) is 19.9. The van der Waals surface area contributed by atoms with Crippen molar-refractivity contribution in [1.29, 1.82) is 0 Å². The van der Waals surface area contributed by atoms with E-state index in [1.807, 2.05) is 0 Å². The minimum atomic E-state index is 0.144. The summed E-state index contributed by atoms with van der Waals surface area (Å²) >= 11 is 0. The lowest BCUT2D eigenvalue weighted by Gasteiger charge is -2.33. The van der Waals surface area contributed by atoms with E-state index >= 15 is 0 Å². The average molecular weight is 395 g/mol. The predicted octanol–water partition coefficient (Wildman–Crippen LogP) is 2.94. The molecular formula is C22H38N2O4. The Kier molecular flexibility index (Phi) is 8.15. The molecule has 6 nitrogen and oxygen atoms in total. The van der Waals surface area contributed by atoms with Gasteiger partial charge < -0.3 is 20.1 Å². The smallest absolute Gasteiger partial charge is 0.223 e. The van der Waals surface area contributed by atoms with Crippen molar-refractivity contribution < 1.29 is 19.1 Å². The summed E-state index contributed by atoms with van der Waals surface area (Å²) in [4.78, 5) is 25.1. The summed E-state index contributed by atoms with van der Waals surface area (Å²) in [5.74, 6) is 0.728. The number of methoxy groups -OCH3 is 2. The maximum Gasteiger partial charge on any atom is 0.223 e. The lowest BCUT2D eigenvalue weighted by Crippen LogP contribution is -2.47. The van der Waals surface area contributed by atoms with Crippen molar-refractivity contribution in [3.05, 3.63) is 0 Å². The maximum absolute atomic E-state index is 12.5. The molecule has 0 saturated heterocycles. The highest BCUT2D eigenvalue weighted by molar-refractivity contribution is 5.79. The van der Waals surface area contributed by atoms with Crippen LogP contribution in [0.4, 0.5) is 0 Å². The summed E-state index contributed by atoms with van der Waals surface area (Å²) in [6.07, 6.45) is 12.2. The Hall–Kier alpha value is -1.14. The van der Waals surface area contributed by atoms with Gasteiger partial charge >= 0.3 is 0 Å². The van der Waals surface area contributed by atoms with Crippen LogP contribution in [-0.4, -0.2) is 50.3 Å². The zero-order valence-corrected chi connectivity index (χ0v) is 17.6. The van der Waals surface area contributed by atoms with Gasteiger partial charge in [0.05, 0.1) is 12.2 Å². The molecule has 0 spiro atoms. The molecule has 0 radical (unpaired) electrons. The predicted molar refractivity (Wildman–Crippen MR) is 108 cm³/mol. The van der Waals surface area contributed by atoms with E-state index < -0.39 is 0 Å². The molecule has 0 heterocycles. The number of nitrogens with one attached hydrogen (secondary N) is 2. The third-order valence-corrected chi connectivity index (χ3v) is 7.18. The number of amides is 2. The third kappa shape index (κ3) is 5.93. The molecule has 0 aliphatic heterocycles. The summed E-state index contributed by atoms with van der Waals surface area (Å²) in [7, 11) is 3.51. The largest absolute Gasteiger partial charge is 0.381 e. The Bertz CT molecular complexity index is 457. The number of hydrogen-bond donors (Lipinski definition) is 2. The highest BCUT2D eigenvalue weighted by Gasteiger charge is 2.31. The van der Waals surface area contributed by atoms with Crippen molar-refractivity contribution >= 4 is 11.8 Å². The van der Waals surface area contributed by atoms with Gasteiger partial charge in [0.1, 0.15) is 0 Å². The number of carbonyl (C=O) groups is 2. The van der Waals surface area contributed by atoms with Gasteiger partial charge in [-0.05, 0) is 77.0 Å². The molecule has 6 heteroatoms. The third-order valence-electron chi connectivity index (χ3n) is 7.18. The van der Waals surface area contributed by atoms with Gasteiger partial charge in [-0.25, -0.2) is 0 Å². The second kappa shape index (κ2) is 10.6. The monoisotopic (exact) mass is 394 g/mol. The van der Waals surface area contributed by atoms with Gasteiger partial charge in [0, 0.05) is 38.1 Å². The fourth-order valence-corrected chi connectivity index (χ4v) is 5.14. The summed E-state index contributed by atoms with van der Waals surface area (Å²) < 4.78 is 10.8. The van der Waals surface area contributed by atoms with Crippen molar-refractivity contribution in [3.63, 3.8) is 0 Å². The summed E-state index contributed by atoms with van der Waals surface area (Å²) in [5.41, 5.74) is 0. The van der Waals surface area contributed by atoms with Crippen LogP contribution in [0.15, 0.2) is 0 Å². The number of carbonyl (C=O) groups excluding carboxylic acids is 2. The molecular weight excluding hydrogens is 356 g/mol. The maximum atomic E-state index is 12.5. The van der Waals surface area contributed by atoms with Gasteiger partial charge in [-0.3, -0.25) is 9.59 Å². The van der Waals surface area contributed by atoms with Crippen LogP contribution in [0.5, 0.6) is 0 Å². The molecule has 2 amide bonds. The lowest BCUT2D eigenvalue weighted by molar-refractivity contribution is -0.129. The molecule has 0 bridgehead atoms. The fraction of sp³-hybridized carbons (Fsp3) is 0.909.